The Morgan fingerprint density at radius 1 is 1.08 bits per heavy atom. The van der Waals surface area contributed by atoms with E-state index in [1.807, 2.05) is 12.3 Å². The number of anilines is 2. The molecular formula is C19H20N6. The highest BCUT2D eigenvalue weighted by Crippen LogP contribution is 2.29. The normalized spacial score (nSPS) is 16.8. The fourth-order valence-corrected chi connectivity index (χ4v) is 3.81. The molecule has 1 aromatic carbocycles. The van der Waals surface area contributed by atoms with Gasteiger partial charge in [0.1, 0.15) is 0 Å². The molecule has 0 N–H and O–H groups in total. The van der Waals surface area contributed by atoms with E-state index < -0.39 is 0 Å². The largest absolute Gasteiger partial charge is 0.351 e. The highest BCUT2D eigenvalue weighted by atomic mass is 15.4. The van der Waals surface area contributed by atoms with Crippen LogP contribution >= 0.6 is 0 Å². The second-order valence-corrected chi connectivity index (χ2v) is 6.95. The van der Waals surface area contributed by atoms with Crippen LogP contribution in [0.1, 0.15) is 17.7 Å². The Hall–Kier alpha value is -2.76. The van der Waals surface area contributed by atoms with Gasteiger partial charge in [-0.3, -0.25) is 0 Å². The molecule has 1 fully saturated rings. The van der Waals surface area contributed by atoms with Crippen molar-refractivity contribution in [2.45, 2.75) is 25.3 Å². The van der Waals surface area contributed by atoms with Crippen molar-refractivity contribution >= 4 is 22.4 Å². The molecule has 5 rings (SSSR count). The molecule has 3 aromatic rings. The van der Waals surface area contributed by atoms with E-state index in [-0.39, 0.29) is 0 Å². The average molecular weight is 332 g/mol. The number of fused-ring (bicyclic) bond motifs is 2. The zero-order valence-electron chi connectivity index (χ0n) is 14.3. The summed E-state index contributed by atoms with van der Waals surface area (Å²) in [5.41, 5.74) is 2.56. The van der Waals surface area contributed by atoms with E-state index in [0.717, 1.165) is 48.3 Å². The zero-order chi connectivity index (χ0) is 16.8. The lowest BCUT2D eigenvalue weighted by Gasteiger charge is -2.45. The molecule has 0 atom stereocenters. The first-order valence-electron chi connectivity index (χ1n) is 8.83. The van der Waals surface area contributed by atoms with E-state index in [2.05, 4.69) is 61.5 Å². The van der Waals surface area contributed by atoms with Crippen LogP contribution in [-0.2, 0) is 12.8 Å². The molecular weight excluding hydrogens is 312 g/mol. The van der Waals surface area contributed by atoms with Crippen LogP contribution in [0.5, 0.6) is 0 Å². The maximum atomic E-state index is 4.42. The molecule has 25 heavy (non-hydrogen) atoms. The second-order valence-electron chi connectivity index (χ2n) is 6.95. The third-order valence-electron chi connectivity index (χ3n) is 5.43. The molecule has 0 saturated carbocycles. The lowest BCUT2D eigenvalue weighted by molar-refractivity contribution is 0.487. The van der Waals surface area contributed by atoms with Gasteiger partial charge in [0, 0.05) is 30.9 Å². The van der Waals surface area contributed by atoms with Crippen LogP contribution in [0, 0.1) is 0 Å². The minimum atomic E-state index is 0.412. The van der Waals surface area contributed by atoms with Crippen molar-refractivity contribution < 1.29 is 0 Å². The van der Waals surface area contributed by atoms with E-state index in [0.29, 0.717) is 6.04 Å². The lowest BCUT2D eigenvalue weighted by atomic mass is 10.1. The molecule has 6 nitrogen and oxygen atoms in total. The van der Waals surface area contributed by atoms with Crippen molar-refractivity contribution in [3.05, 3.63) is 47.8 Å². The summed E-state index contributed by atoms with van der Waals surface area (Å²) in [4.78, 5) is 4.54. The topological polar surface area (TPSA) is 58.0 Å². The smallest absolute Gasteiger partial charge is 0.159 e. The molecule has 2 aromatic heterocycles. The van der Waals surface area contributed by atoms with Crippen molar-refractivity contribution in [3.8, 4) is 0 Å². The summed E-state index contributed by atoms with van der Waals surface area (Å²) < 4.78 is 0. The summed E-state index contributed by atoms with van der Waals surface area (Å²) in [5, 5.41) is 19.6. The molecule has 0 radical (unpaired) electrons. The summed E-state index contributed by atoms with van der Waals surface area (Å²) >= 11 is 0. The van der Waals surface area contributed by atoms with Gasteiger partial charge in [-0.2, -0.15) is 10.2 Å². The monoisotopic (exact) mass is 332 g/mol. The first kappa shape index (κ1) is 14.6. The van der Waals surface area contributed by atoms with Gasteiger partial charge in [0.2, 0.25) is 0 Å². The molecule has 1 aliphatic heterocycles. The van der Waals surface area contributed by atoms with E-state index in [1.165, 1.54) is 17.7 Å². The first-order chi connectivity index (χ1) is 12.3. The Kier molecular flexibility index (Phi) is 3.29. The van der Waals surface area contributed by atoms with Gasteiger partial charge < -0.3 is 9.80 Å². The van der Waals surface area contributed by atoms with Crippen LogP contribution in [0.15, 0.2) is 36.5 Å². The zero-order valence-corrected chi connectivity index (χ0v) is 14.3. The molecule has 3 heterocycles. The van der Waals surface area contributed by atoms with Crippen molar-refractivity contribution in [3.63, 3.8) is 0 Å². The maximum Gasteiger partial charge on any atom is 0.159 e. The lowest BCUT2D eigenvalue weighted by Crippen LogP contribution is -2.59. The van der Waals surface area contributed by atoms with Gasteiger partial charge in [0.15, 0.2) is 11.6 Å². The highest BCUT2D eigenvalue weighted by molar-refractivity contribution is 5.91. The van der Waals surface area contributed by atoms with Crippen LogP contribution in [-0.4, -0.2) is 46.6 Å². The number of likely N-dealkylation sites (N-methyl/N-ethyl adjacent to an activating group) is 1. The van der Waals surface area contributed by atoms with Gasteiger partial charge in [0.25, 0.3) is 0 Å². The van der Waals surface area contributed by atoms with Crippen LogP contribution in [0.4, 0.5) is 11.6 Å². The van der Waals surface area contributed by atoms with E-state index >= 15 is 0 Å². The highest BCUT2D eigenvalue weighted by Gasteiger charge is 2.33. The second kappa shape index (κ2) is 5.65. The average Bonchev–Trinajstić information content (AvgIpc) is 3.07. The number of nitrogens with zero attached hydrogens (tertiary/aromatic N) is 6. The number of rotatable bonds is 3. The number of hydrogen-bond acceptors (Lipinski definition) is 6. The summed E-state index contributed by atoms with van der Waals surface area (Å²) in [6.07, 6.45) is 5.24. The van der Waals surface area contributed by atoms with Crippen LogP contribution in [0.25, 0.3) is 10.8 Å². The molecule has 126 valence electrons. The van der Waals surface area contributed by atoms with Gasteiger partial charge in [-0.05, 0) is 30.9 Å². The summed E-state index contributed by atoms with van der Waals surface area (Å²) in [7, 11) is 2.10. The van der Waals surface area contributed by atoms with E-state index in [4.69, 9.17) is 0 Å². The Morgan fingerprint density at radius 2 is 1.96 bits per heavy atom. The number of hydrogen-bond donors (Lipinski definition) is 0. The summed E-state index contributed by atoms with van der Waals surface area (Å²) in [6, 6.07) is 10.9. The number of aromatic nitrogens is 4. The molecule has 0 bridgehead atoms. The predicted octanol–water partition coefficient (Wildman–Crippen LogP) is 2.23. The van der Waals surface area contributed by atoms with E-state index in [1.54, 1.807) is 0 Å². The Balaban J connectivity index is 1.34. The molecule has 0 unspecified atom stereocenters. The van der Waals surface area contributed by atoms with Gasteiger partial charge in [-0.1, -0.05) is 24.3 Å². The third kappa shape index (κ3) is 2.40. The van der Waals surface area contributed by atoms with Crippen molar-refractivity contribution in [1.29, 1.82) is 0 Å². The third-order valence-corrected chi connectivity index (χ3v) is 5.43. The van der Waals surface area contributed by atoms with Crippen molar-refractivity contribution in [1.82, 2.24) is 20.4 Å². The van der Waals surface area contributed by atoms with Crippen molar-refractivity contribution in [2.24, 2.45) is 0 Å². The first-order valence-corrected chi connectivity index (χ1v) is 8.83. The Morgan fingerprint density at radius 3 is 2.88 bits per heavy atom. The van der Waals surface area contributed by atoms with E-state index in [9.17, 15) is 0 Å². The van der Waals surface area contributed by atoms with Crippen molar-refractivity contribution in [2.75, 3.05) is 29.9 Å². The van der Waals surface area contributed by atoms with Crippen LogP contribution < -0.4 is 9.80 Å². The molecule has 1 aliphatic carbocycles. The van der Waals surface area contributed by atoms with Crippen LogP contribution in [0.2, 0.25) is 0 Å². The summed E-state index contributed by atoms with van der Waals surface area (Å²) in [5.74, 6) is 1.96. The molecule has 2 aliphatic rings. The minimum absolute atomic E-state index is 0.412. The minimum Gasteiger partial charge on any atom is -0.351 e. The van der Waals surface area contributed by atoms with Crippen LogP contribution in [0.3, 0.4) is 0 Å². The fraction of sp³-hybridized carbons (Fsp3) is 0.368. The summed E-state index contributed by atoms with van der Waals surface area (Å²) in [6.45, 7) is 1.88. The Labute approximate surface area is 146 Å². The molecule has 1 saturated heterocycles. The quantitative estimate of drug-likeness (QED) is 0.733. The van der Waals surface area contributed by atoms with Gasteiger partial charge in [-0.15, -0.1) is 10.2 Å². The molecule has 0 amide bonds. The SMILES string of the molecule is CN(c1nncc2ccccc12)C1CN(c2cc3c(nn2)CCC3)C1. The predicted molar refractivity (Wildman–Crippen MR) is 98.0 cm³/mol. The number of benzene rings is 1. The molecule has 6 heteroatoms. The van der Waals surface area contributed by atoms with Gasteiger partial charge in [0.05, 0.1) is 17.9 Å². The van der Waals surface area contributed by atoms with Gasteiger partial charge >= 0.3 is 0 Å². The number of aryl methyl sites for hydroxylation is 2. The van der Waals surface area contributed by atoms with Gasteiger partial charge in [-0.25, -0.2) is 0 Å². The maximum absolute atomic E-state index is 4.42. The standard InChI is InChI=1S/C19H20N6/c1-24(19-16-7-3-2-5-14(16)10-20-23-19)15-11-25(12-15)18-9-13-6-4-8-17(13)21-22-18/h2-3,5,7,9-10,15H,4,6,8,11-12H2,1H3. The Bertz CT molecular complexity index is 929. The molecule has 0 spiro atoms. The fourth-order valence-electron chi connectivity index (χ4n) is 3.81.